The molecule has 0 fully saturated rings. The molecule has 0 spiro atoms. The van der Waals surface area contributed by atoms with E-state index in [0.29, 0.717) is 30.9 Å². The number of benzene rings is 1. The molecule has 0 bridgehead atoms. The Kier molecular flexibility index (Phi) is 7.39. The van der Waals surface area contributed by atoms with Crippen LogP contribution in [-0.4, -0.2) is 43.3 Å². The van der Waals surface area contributed by atoms with Gasteiger partial charge in [0.15, 0.2) is 0 Å². The summed E-state index contributed by atoms with van der Waals surface area (Å²) in [5.74, 6) is -0.929. The first-order valence-electron chi connectivity index (χ1n) is 7.20. The summed E-state index contributed by atoms with van der Waals surface area (Å²) >= 11 is 0. The molecule has 6 nitrogen and oxygen atoms in total. The Labute approximate surface area is 130 Å². The molecule has 0 saturated heterocycles. The molecule has 1 aromatic rings. The van der Waals surface area contributed by atoms with Crippen molar-refractivity contribution < 1.29 is 24.2 Å². The average Bonchev–Trinajstić information content (AvgIpc) is 2.46. The average molecular weight is 309 g/mol. The van der Waals surface area contributed by atoms with Crippen molar-refractivity contribution in [3.63, 3.8) is 0 Å². The predicted octanol–water partition coefficient (Wildman–Crippen LogP) is 1.94. The quantitative estimate of drug-likeness (QED) is 0.681. The Morgan fingerprint density at radius 3 is 2.50 bits per heavy atom. The minimum atomic E-state index is -1.04. The Bertz CT molecular complexity index is 501. The number of ether oxygens (including phenoxy) is 2. The van der Waals surface area contributed by atoms with E-state index in [1.54, 1.807) is 31.4 Å². The van der Waals surface area contributed by atoms with Crippen LogP contribution >= 0.6 is 0 Å². The maximum absolute atomic E-state index is 12.3. The summed E-state index contributed by atoms with van der Waals surface area (Å²) in [6.45, 7) is 4.53. The van der Waals surface area contributed by atoms with Crippen LogP contribution in [0.4, 0.5) is 0 Å². The van der Waals surface area contributed by atoms with Crippen molar-refractivity contribution >= 4 is 11.9 Å². The van der Waals surface area contributed by atoms with Crippen molar-refractivity contribution in [1.29, 1.82) is 0 Å². The summed E-state index contributed by atoms with van der Waals surface area (Å²) in [6, 6.07) is 5.81. The third-order valence-electron chi connectivity index (χ3n) is 2.99. The van der Waals surface area contributed by atoms with E-state index in [4.69, 9.17) is 9.47 Å². The molecule has 0 aromatic heterocycles. The zero-order chi connectivity index (χ0) is 16.5. The van der Waals surface area contributed by atoms with Crippen LogP contribution < -0.4 is 10.1 Å². The monoisotopic (exact) mass is 309 g/mol. The van der Waals surface area contributed by atoms with Gasteiger partial charge in [-0.3, -0.25) is 4.79 Å². The number of amides is 1. The van der Waals surface area contributed by atoms with Crippen molar-refractivity contribution in [3.05, 3.63) is 29.8 Å². The maximum atomic E-state index is 12.3. The number of aliphatic carboxylic acids is 1. The topological polar surface area (TPSA) is 84.9 Å². The number of carbonyl (C=O) groups is 2. The van der Waals surface area contributed by atoms with Gasteiger partial charge < -0.3 is 19.9 Å². The van der Waals surface area contributed by atoms with E-state index in [-0.39, 0.29) is 5.92 Å². The van der Waals surface area contributed by atoms with Gasteiger partial charge in [0.2, 0.25) is 0 Å². The van der Waals surface area contributed by atoms with E-state index < -0.39 is 17.9 Å². The molecule has 22 heavy (non-hydrogen) atoms. The molecule has 122 valence electrons. The Balaban J connectivity index is 2.81. The molecule has 0 radical (unpaired) electrons. The van der Waals surface area contributed by atoms with Gasteiger partial charge in [-0.2, -0.15) is 0 Å². The van der Waals surface area contributed by atoms with Gasteiger partial charge in [0.1, 0.15) is 18.4 Å². The van der Waals surface area contributed by atoms with Gasteiger partial charge in [0.05, 0.1) is 12.2 Å². The second-order valence-electron chi connectivity index (χ2n) is 5.33. The van der Waals surface area contributed by atoms with Crippen molar-refractivity contribution in [2.24, 2.45) is 5.92 Å². The normalized spacial score (nSPS) is 12.0. The summed E-state index contributed by atoms with van der Waals surface area (Å²) < 4.78 is 10.4. The Hall–Kier alpha value is -2.08. The molecule has 1 aromatic carbocycles. The van der Waals surface area contributed by atoms with Gasteiger partial charge >= 0.3 is 5.97 Å². The van der Waals surface area contributed by atoms with Crippen molar-refractivity contribution in [2.75, 3.05) is 20.3 Å². The number of rotatable bonds is 9. The number of hydrogen-bond donors (Lipinski definition) is 2. The highest BCUT2D eigenvalue weighted by Gasteiger charge is 2.23. The van der Waals surface area contributed by atoms with Gasteiger partial charge in [-0.1, -0.05) is 26.0 Å². The van der Waals surface area contributed by atoms with E-state index in [0.717, 1.165) is 0 Å². The lowest BCUT2D eigenvalue weighted by Crippen LogP contribution is -2.41. The lowest BCUT2D eigenvalue weighted by atomic mass is 10.0. The van der Waals surface area contributed by atoms with Crippen LogP contribution in [0.3, 0.4) is 0 Å². The summed E-state index contributed by atoms with van der Waals surface area (Å²) in [6.07, 6.45) is 0.369. The first kappa shape index (κ1) is 18.0. The number of para-hydroxylation sites is 1. The molecule has 6 heteroatoms. The highest BCUT2D eigenvalue weighted by atomic mass is 16.5. The summed E-state index contributed by atoms with van der Waals surface area (Å²) in [7, 11) is 1.56. The van der Waals surface area contributed by atoms with E-state index >= 15 is 0 Å². The smallest absolute Gasteiger partial charge is 0.326 e. The second-order valence-corrected chi connectivity index (χ2v) is 5.33. The van der Waals surface area contributed by atoms with Crippen molar-refractivity contribution in [3.8, 4) is 5.75 Å². The highest BCUT2D eigenvalue weighted by Crippen LogP contribution is 2.18. The van der Waals surface area contributed by atoms with E-state index in [1.807, 2.05) is 13.8 Å². The SMILES string of the molecule is COCCOc1ccccc1C(=O)N[C@H](CC(C)C)C(=O)O. The first-order valence-corrected chi connectivity index (χ1v) is 7.20. The summed E-state index contributed by atoms with van der Waals surface area (Å²) in [4.78, 5) is 23.5. The van der Waals surface area contributed by atoms with E-state index in [2.05, 4.69) is 5.32 Å². The molecule has 0 heterocycles. The lowest BCUT2D eigenvalue weighted by molar-refractivity contribution is -0.139. The highest BCUT2D eigenvalue weighted by molar-refractivity contribution is 5.98. The molecule has 0 unspecified atom stereocenters. The van der Waals surface area contributed by atoms with E-state index in [9.17, 15) is 14.7 Å². The minimum absolute atomic E-state index is 0.162. The number of carboxylic acids is 1. The molecule has 0 aliphatic carbocycles. The van der Waals surface area contributed by atoms with Crippen LogP contribution in [0.25, 0.3) is 0 Å². The lowest BCUT2D eigenvalue weighted by Gasteiger charge is -2.17. The summed E-state index contributed by atoms with van der Waals surface area (Å²) in [5, 5.41) is 11.7. The third kappa shape index (κ3) is 5.73. The van der Waals surface area contributed by atoms with Gasteiger partial charge in [-0.25, -0.2) is 4.79 Å². The number of carboxylic acid groups (broad SMARTS) is 1. The molecule has 1 atom stereocenters. The first-order chi connectivity index (χ1) is 10.5. The zero-order valence-corrected chi connectivity index (χ0v) is 13.2. The largest absolute Gasteiger partial charge is 0.490 e. The molecule has 2 N–H and O–H groups in total. The number of carbonyl (C=O) groups excluding carboxylic acids is 1. The molecule has 0 saturated carbocycles. The van der Waals surface area contributed by atoms with Crippen LogP contribution in [0.5, 0.6) is 5.75 Å². The van der Waals surface area contributed by atoms with Gasteiger partial charge in [-0.05, 0) is 24.5 Å². The van der Waals surface area contributed by atoms with Crippen LogP contribution in [0.1, 0.15) is 30.6 Å². The fraction of sp³-hybridized carbons (Fsp3) is 0.500. The van der Waals surface area contributed by atoms with Crippen LogP contribution in [0.2, 0.25) is 0 Å². The van der Waals surface area contributed by atoms with Crippen molar-refractivity contribution in [2.45, 2.75) is 26.3 Å². The van der Waals surface area contributed by atoms with E-state index in [1.165, 1.54) is 0 Å². The van der Waals surface area contributed by atoms with Crippen molar-refractivity contribution in [1.82, 2.24) is 5.32 Å². The predicted molar refractivity (Wildman–Crippen MR) is 82.2 cm³/mol. The minimum Gasteiger partial charge on any atom is -0.490 e. The molecule has 0 aliphatic rings. The van der Waals surface area contributed by atoms with Crippen LogP contribution in [0.15, 0.2) is 24.3 Å². The van der Waals surface area contributed by atoms with Gasteiger partial charge in [0, 0.05) is 7.11 Å². The Morgan fingerprint density at radius 1 is 1.23 bits per heavy atom. The molecular weight excluding hydrogens is 286 g/mol. The molecule has 1 rings (SSSR count). The summed E-state index contributed by atoms with van der Waals surface area (Å²) in [5.41, 5.74) is 0.314. The Morgan fingerprint density at radius 2 is 1.91 bits per heavy atom. The number of hydrogen-bond acceptors (Lipinski definition) is 4. The molecule has 1 amide bonds. The van der Waals surface area contributed by atoms with Crippen LogP contribution in [0, 0.1) is 5.92 Å². The zero-order valence-electron chi connectivity index (χ0n) is 13.2. The van der Waals surface area contributed by atoms with Gasteiger partial charge in [-0.15, -0.1) is 0 Å². The third-order valence-corrected chi connectivity index (χ3v) is 2.99. The molecular formula is C16H23NO5. The number of methoxy groups -OCH3 is 1. The van der Waals surface area contributed by atoms with Crippen LogP contribution in [-0.2, 0) is 9.53 Å². The number of nitrogens with one attached hydrogen (secondary N) is 1. The van der Waals surface area contributed by atoms with Gasteiger partial charge in [0.25, 0.3) is 5.91 Å². The fourth-order valence-electron chi connectivity index (χ4n) is 1.94. The standard InChI is InChI=1S/C16H23NO5/c1-11(2)10-13(16(19)20)17-15(18)12-6-4-5-7-14(12)22-9-8-21-3/h4-7,11,13H,8-10H2,1-3H3,(H,17,18)(H,19,20)/t13-/m1/s1. The fourth-order valence-corrected chi connectivity index (χ4v) is 1.94. The molecule has 0 aliphatic heterocycles. The second kappa shape index (κ2) is 9.04. The maximum Gasteiger partial charge on any atom is 0.326 e.